The van der Waals surface area contributed by atoms with Gasteiger partial charge in [-0.3, -0.25) is 14.6 Å². The first-order chi connectivity index (χ1) is 36.0. The summed E-state index contributed by atoms with van der Waals surface area (Å²) >= 11 is 8.46. The Balaban J connectivity index is 1.19. The molecular weight excluding hydrogens is 1050 g/mol. The molecule has 0 radical (unpaired) electrons. The number of hydrogen-bond acceptors (Lipinski definition) is 15. The van der Waals surface area contributed by atoms with Crippen LogP contribution in [0.1, 0.15) is 62.1 Å². The Morgan fingerprint density at radius 3 is 2.32 bits per heavy atom. The number of carbonyl (C=O) groups excluding carboxylic acids is 2. The lowest BCUT2D eigenvalue weighted by molar-refractivity contribution is -0.154. The molecule has 0 spiro atoms. The van der Waals surface area contributed by atoms with E-state index < -0.39 is 61.4 Å². The number of rotatable bonds is 22. The van der Waals surface area contributed by atoms with Crippen molar-refractivity contribution < 1.29 is 64.0 Å². The van der Waals surface area contributed by atoms with Gasteiger partial charge in [-0.1, -0.05) is 48.0 Å². The molecule has 7 rings (SSSR count). The average Bonchev–Trinajstić information content (AvgIpc) is 3.78. The van der Waals surface area contributed by atoms with Crippen LogP contribution >= 0.6 is 22.9 Å². The summed E-state index contributed by atoms with van der Waals surface area (Å²) < 4.78 is 121. The summed E-state index contributed by atoms with van der Waals surface area (Å²) in [5, 5.41) is 4.30. The normalized spacial score (nSPS) is 14.2. The van der Waals surface area contributed by atoms with Gasteiger partial charge in [-0.15, -0.1) is 11.3 Å². The monoisotopic (exact) mass is 1100 g/mol. The van der Waals surface area contributed by atoms with Crippen molar-refractivity contribution in [1.29, 1.82) is 0 Å². The summed E-state index contributed by atoms with van der Waals surface area (Å²) in [6.45, 7) is 10.2. The van der Waals surface area contributed by atoms with Crippen LogP contribution in [0.15, 0.2) is 73.2 Å². The lowest BCUT2D eigenvalue weighted by Gasteiger charge is -2.35. The molecule has 1 aliphatic rings. The van der Waals surface area contributed by atoms with Gasteiger partial charge in [0.2, 0.25) is 12.0 Å². The highest BCUT2D eigenvalue weighted by Crippen LogP contribution is 2.49. The first-order valence-electron chi connectivity index (χ1n) is 24.4. The topological polar surface area (TPSA) is 150 Å². The van der Waals surface area contributed by atoms with E-state index in [0.717, 1.165) is 5.56 Å². The van der Waals surface area contributed by atoms with Crippen molar-refractivity contribution >= 4 is 45.1 Å². The van der Waals surface area contributed by atoms with Gasteiger partial charge < -0.3 is 29.0 Å². The summed E-state index contributed by atoms with van der Waals surface area (Å²) in [5.41, 5.74) is 3.81. The van der Waals surface area contributed by atoms with Crippen LogP contribution < -0.4 is 19.5 Å². The van der Waals surface area contributed by atoms with Crippen LogP contribution in [0.2, 0.25) is 5.02 Å². The zero-order valence-electron chi connectivity index (χ0n) is 42.4. The summed E-state index contributed by atoms with van der Waals surface area (Å²) in [5.74, 6) is -1.46. The predicted molar refractivity (Wildman–Crippen MR) is 272 cm³/mol. The van der Waals surface area contributed by atoms with E-state index in [-0.39, 0.29) is 49.4 Å². The molecule has 408 valence electrons. The van der Waals surface area contributed by atoms with E-state index in [1.807, 2.05) is 19.1 Å². The van der Waals surface area contributed by atoms with Crippen molar-refractivity contribution in [2.75, 3.05) is 59.0 Å². The van der Waals surface area contributed by atoms with Gasteiger partial charge in [0.05, 0.1) is 37.1 Å². The molecule has 0 aliphatic carbocycles. The molecule has 14 nitrogen and oxygen atoms in total. The Bertz CT molecular complexity index is 2950. The minimum Gasteiger partial charge on any atom is -0.487 e. The van der Waals surface area contributed by atoms with E-state index in [9.17, 15) is 40.3 Å². The maximum Gasteiger partial charge on any atom is 0.401 e. The van der Waals surface area contributed by atoms with Crippen LogP contribution in [0.4, 0.5) is 30.7 Å². The smallest absolute Gasteiger partial charge is 0.401 e. The summed E-state index contributed by atoms with van der Waals surface area (Å²) in [4.78, 5) is 49.1. The van der Waals surface area contributed by atoms with Gasteiger partial charge in [0.25, 0.3) is 0 Å². The summed E-state index contributed by atoms with van der Waals surface area (Å²) in [6.07, 6.45) is -8.98. The number of nitrogens with one attached hydrogen (secondary N) is 1. The van der Waals surface area contributed by atoms with Gasteiger partial charge >= 0.3 is 30.3 Å². The fourth-order valence-corrected chi connectivity index (χ4v) is 9.74. The zero-order valence-corrected chi connectivity index (χ0v) is 44.0. The number of piperazine rings is 1. The van der Waals surface area contributed by atoms with Crippen LogP contribution in [-0.2, 0) is 45.1 Å². The molecule has 6 aromatic rings. The molecule has 0 amide bonds. The predicted octanol–water partition coefficient (Wildman–Crippen LogP) is 10.5. The molecule has 1 aliphatic heterocycles. The molecule has 4 heterocycles. The largest absolute Gasteiger partial charge is 0.487 e. The highest BCUT2D eigenvalue weighted by Gasteiger charge is 2.33. The van der Waals surface area contributed by atoms with Crippen molar-refractivity contribution in [3.05, 3.63) is 112 Å². The van der Waals surface area contributed by atoms with Crippen LogP contribution in [0.5, 0.6) is 17.6 Å². The van der Waals surface area contributed by atoms with Crippen LogP contribution in [0.3, 0.4) is 0 Å². The number of nitrogens with zero attached hydrogens (tertiary/aromatic N) is 6. The van der Waals surface area contributed by atoms with E-state index in [2.05, 4.69) is 30.2 Å². The Kier molecular flexibility index (Phi) is 19.1. The maximum absolute atomic E-state index is 14.4. The van der Waals surface area contributed by atoms with Gasteiger partial charge in [-0.05, 0) is 92.3 Å². The Labute approximate surface area is 443 Å². The zero-order chi connectivity index (χ0) is 54.8. The third kappa shape index (κ3) is 16.4. The van der Waals surface area contributed by atoms with Crippen LogP contribution in [-0.4, -0.2) is 125 Å². The molecule has 0 unspecified atom stereocenters. The second-order valence-corrected chi connectivity index (χ2v) is 20.3. The van der Waals surface area contributed by atoms with Crippen LogP contribution in [0, 0.1) is 12.7 Å². The minimum absolute atomic E-state index is 0.00888. The fraction of sp³-hybridized carbons (Fsp3) is 0.434. The van der Waals surface area contributed by atoms with Gasteiger partial charge in [0.15, 0.2) is 0 Å². The van der Waals surface area contributed by atoms with E-state index in [0.29, 0.717) is 99.3 Å². The SMILES string of the molecule is CCOC(=O)[C@@H](Cc1cc(CC(=O)OC(C)(C)C)ccc1OCc1ccnc(OCCC(F)(F)F)n1)Oc1ncnc2sc(-c3ccc(F)cc3)c(-c3ccc(CNCCN4CCN(CC(F)(F)F)CC4)c(Cl)c3C)c12. The van der Waals surface area contributed by atoms with Gasteiger partial charge in [0.1, 0.15) is 41.5 Å². The number of thiophene rings is 1. The molecule has 76 heavy (non-hydrogen) atoms. The highest BCUT2D eigenvalue weighted by atomic mass is 35.5. The lowest BCUT2D eigenvalue weighted by atomic mass is 9.94. The van der Waals surface area contributed by atoms with Crippen molar-refractivity contribution in [3.8, 4) is 39.2 Å². The summed E-state index contributed by atoms with van der Waals surface area (Å²) in [7, 11) is 0. The van der Waals surface area contributed by atoms with E-state index in [1.54, 1.807) is 58.0 Å². The third-order valence-corrected chi connectivity index (χ3v) is 13.5. The lowest BCUT2D eigenvalue weighted by Crippen LogP contribution is -2.50. The molecule has 3 aromatic heterocycles. The Morgan fingerprint density at radius 1 is 0.882 bits per heavy atom. The second kappa shape index (κ2) is 25.3. The van der Waals surface area contributed by atoms with Crippen molar-refractivity contribution in [1.82, 2.24) is 35.1 Å². The molecule has 1 fully saturated rings. The third-order valence-electron chi connectivity index (χ3n) is 11.9. The number of halogens is 8. The number of carbonyl (C=O) groups is 2. The number of alkyl halides is 6. The molecule has 0 bridgehead atoms. The molecule has 1 N–H and O–H groups in total. The van der Waals surface area contributed by atoms with Crippen molar-refractivity contribution in [3.63, 3.8) is 0 Å². The second-order valence-electron chi connectivity index (χ2n) is 18.9. The minimum atomic E-state index is -4.44. The van der Waals surface area contributed by atoms with Crippen molar-refractivity contribution in [2.45, 2.75) is 91.1 Å². The molecule has 3 aromatic carbocycles. The van der Waals surface area contributed by atoms with Crippen molar-refractivity contribution in [2.24, 2.45) is 0 Å². The average molecular weight is 1100 g/mol. The Morgan fingerprint density at radius 2 is 1.62 bits per heavy atom. The van der Waals surface area contributed by atoms with E-state index >= 15 is 0 Å². The maximum atomic E-state index is 14.4. The van der Waals surface area contributed by atoms with Crippen LogP contribution in [0.25, 0.3) is 31.8 Å². The molecule has 1 saturated heterocycles. The van der Waals surface area contributed by atoms with Gasteiger partial charge in [-0.25, -0.2) is 24.1 Å². The highest BCUT2D eigenvalue weighted by molar-refractivity contribution is 7.22. The summed E-state index contributed by atoms with van der Waals surface area (Å²) in [6, 6.07) is 15.9. The fourth-order valence-electron chi connectivity index (χ4n) is 8.36. The first kappa shape index (κ1) is 57.5. The standard InChI is InChI=1S/C53H57ClF7N7O7S/c1-6-71-49(70)41(27-36-25-33(26-42(69)75-51(3,4)5)7-14-40(36)73-29-38-15-17-63-50(66-38)72-24-16-52(56,57)58)74-47-44-43(46(76-48(44)65-31-64-47)34-8-11-37(55)12-9-34)39-13-10-35(45(54)32(39)2)28-62-18-19-67-20-22-68(23-21-67)30-53(59,60)61/h7-15,17,25,31,41,62H,6,16,18-24,26-30H2,1-5H3/t41-/m1/s1. The Hall–Kier alpha value is -6.20. The van der Waals surface area contributed by atoms with E-state index in [4.69, 9.17) is 35.3 Å². The number of ether oxygens (including phenoxy) is 5. The molecule has 0 saturated carbocycles. The number of fused-ring (bicyclic) bond motifs is 1. The van der Waals surface area contributed by atoms with Gasteiger partial charge in [0, 0.05) is 73.9 Å². The molecule has 23 heteroatoms. The first-order valence-corrected chi connectivity index (χ1v) is 25.6. The number of benzene rings is 3. The quantitative estimate of drug-likeness (QED) is 0.0390. The number of hydrogen-bond donors (Lipinski definition) is 1. The molecular formula is C53H57ClF7N7O7S. The number of esters is 2. The van der Waals surface area contributed by atoms with E-state index in [1.165, 1.54) is 47.0 Å². The van der Waals surface area contributed by atoms with Gasteiger partial charge in [-0.2, -0.15) is 31.3 Å². The molecule has 1 atom stereocenters. The number of aromatic nitrogens is 4.